The zero-order valence-corrected chi connectivity index (χ0v) is 24.5. The van der Waals surface area contributed by atoms with Crippen molar-refractivity contribution in [3.05, 3.63) is 46.2 Å². The number of hydrogen-bond acceptors (Lipinski definition) is 4. The molecule has 4 aliphatic rings. The molecule has 1 aromatic carbocycles. The molecule has 1 aromatic heterocycles. The van der Waals surface area contributed by atoms with E-state index in [0.29, 0.717) is 12.3 Å². The van der Waals surface area contributed by atoms with Gasteiger partial charge in [-0.1, -0.05) is 45.4 Å². The van der Waals surface area contributed by atoms with E-state index in [1.807, 2.05) is 13.8 Å². The van der Waals surface area contributed by atoms with Gasteiger partial charge < -0.3 is 25.0 Å². The molecule has 3 fully saturated rings. The number of rotatable bonds is 4. The summed E-state index contributed by atoms with van der Waals surface area (Å²) in [6.07, 6.45) is 5.83. The summed E-state index contributed by atoms with van der Waals surface area (Å²) >= 11 is 0. The van der Waals surface area contributed by atoms with Crippen molar-refractivity contribution in [1.82, 2.24) is 4.98 Å². The number of aromatic amines is 1. The molecule has 38 heavy (non-hydrogen) atoms. The lowest BCUT2D eigenvalue weighted by Crippen LogP contribution is -2.72. The Morgan fingerprint density at radius 2 is 1.79 bits per heavy atom. The Bertz CT molecular complexity index is 1330. The molecule has 1 aliphatic heterocycles. The van der Waals surface area contributed by atoms with Gasteiger partial charge in [-0.2, -0.15) is 0 Å². The number of aromatic nitrogens is 1. The third kappa shape index (κ3) is 3.14. The van der Waals surface area contributed by atoms with E-state index in [0.717, 1.165) is 43.2 Å². The van der Waals surface area contributed by atoms with Crippen LogP contribution in [0.3, 0.4) is 0 Å². The fraction of sp³-hybridized carbons (Fsp3) is 0.697. The van der Waals surface area contributed by atoms with Gasteiger partial charge in [0.2, 0.25) is 0 Å². The van der Waals surface area contributed by atoms with Crippen molar-refractivity contribution in [2.24, 2.45) is 16.7 Å². The molecule has 0 amide bonds. The number of aliphatic hydroxyl groups is 3. The van der Waals surface area contributed by atoms with Crippen molar-refractivity contribution < 1.29 is 20.1 Å². The fourth-order valence-electron chi connectivity index (χ4n) is 9.22. The number of aliphatic hydroxyl groups excluding tert-OH is 2. The number of fused-ring (bicyclic) bond motifs is 7. The summed E-state index contributed by atoms with van der Waals surface area (Å²) < 4.78 is 5.87. The van der Waals surface area contributed by atoms with Gasteiger partial charge >= 0.3 is 0 Å². The number of hydrogen-bond donors (Lipinski definition) is 4. The molecule has 5 nitrogen and oxygen atoms in total. The van der Waals surface area contributed by atoms with E-state index in [4.69, 9.17) is 4.74 Å². The summed E-state index contributed by atoms with van der Waals surface area (Å²) in [7, 11) is 0. The molecule has 1 unspecified atom stereocenters. The normalized spacial score (nSPS) is 39.3. The molecule has 0 bridgehead atoms. The second-order valence-electron chi connectivity index (χ2n) is 14.7. The number of epoxide rings is 1. The van der Waals surface area contributed by atoms with E-state index in [2.05, 4.69) is 64.7 Å². The van der Waals surface area contributed by atoms with E-state index in [-0.39, 0.29) is 22.5 Å². The zero-order chi connectivity index (χ0) is 27.6. The smallest absolute Gasteiger partial charge is 0.117 e. The van der Waals surface area contributed by atoms with Crippen LogP contribution in [0.4, 0.5) is 0 Å². The van der Waals surface area contributed by atoms with Gasteiger partial charge in [-0.15, -0.1) is 0 Å². The average molecular weight is 522 g/mol. The fourth-order valence-corrected chi connectivity index (χ4v) is 9.22. The summed E-state index contributed by atoms with van der Waals surface area (Å²) in [5.41, 5.74) is 4.73. The SMILES string of the molecule is CC(C)=CCc1c([C@H](O)C2OC2(C)C)ccc2[nH]c3c(c12)C[C@@H]1CC[C@@]2(O)C(C)(C)[C@@H](O)CC[C@]2(C)[C@@]31C. The van der Waals surface area contributed by atoms with Gasteiger partial charge in [-0.3, -0.25) is 0 Å². The Labute approximate surface area is 227 Å². The van der Waals surface area contributed by atoms with Crippen molar-refractivity contribution in [3.8, 4) is 0 Å². The van der Waals surface area contributed by atoms with Crippen LogP contribution in [0, 0.1) is 16.7 Å². The van der Waals surface area contributed by atoms with Crippen molar-refractivity contribution in [2.45, 2.75) is 129 Å². The molecule has 6 rings (SSSR count). The van der Waals surface area contributed by atoms with Gasteiger partial charge in [-0.25, -0.2) is 0 Å². The first-order valence-corrected chi connectivity index (χ1v) is 14.7. The molecule has 2 heterocycles. The minimum Gasteiger partial charge on any atom is -0.392 e. The van der Waals surface area contributed by atoms with Gasteiger partial charge in [0.05, 0.1) is 17.3 Å². The minimum atomic E-state index is -0.955. The number of H-pyrrole nitrogens is 1. The predicted molar refractivity (Wildman–Crippen MR) is 151 cm³/mol. The summed E-state index contributed by atoms with van der Waals surface area (Å²) in [5, 5.41) is 36.2. The molecule has 0 radical (unpaired) electrons. The highest BCUT2D eigenvalue weighted by Crippen LogP contribution is 2.71. The highest BCUT2D eigenvalue weighted by molar-refractivity contribution is 5.91. The number of ether oxygens (including phenoxy) is 1. The second kappa shape index (κ2) is 7.96. The van der Waals surface area contributed by atoms with E-state index in [1.165, 1.54) is 27.8 Å². The molecule has 5 heteroatoms. The average Bonchev–Trinajstić information content (AvgIpc) is 3.18. The monoisotopic (exact) mass is 521 g/mol. The van der Waals surface area contributed by atoms with Crippen LogP contribution in [0.5, 0.6) is 0 Å². The summed E-state index contributed by atoms with van der Waals surface area (Å²) in [5.74, 6) is 0.431. The Morgan fingerprint density at radius 3 is 2.42 bits per heavy atom. The van der Waals surface area contributed by atoms with Crippen LogP contribution in [-0.2, 0) is 23.0 Å². The molecular weight excluding hydrogens is 474 g/mol. The van der Waals surface area contributed by atoms with Crippen LogP contribution in [0.2, 0.25) is 0 Å². The molecule has 1 saturated heterocycles. The summed E-state index contributed by atoms with van der Waals surface area (Å²) in [6.45, 7) is 17.1. The van der Waals surface area contributed by atoms with E-state index < -0.39 is 23.2 Å². The maximum absolute atomic E-state index is 12.5. The van der Waals surface area contributed by atoms with Crippen molar-refractivity contribution in [1.29, 1.82) is 0 Å². The standard InChI is InChI=1S/C33H47NO4/c1-18(2)9-10-20-21(26(36)28-30(5,6)38-28)11-12-23-25(20)22-17-19-13-16-33(37)29(3,4)24(35)14-15-31(33,7)32(19,8)27(22)34-23/h9,11-12,19,24,26,28,34-37H,10,13-17H2,1-8H3/t19-,24-,26-,28?,31+,32+,33+/m0/s1. The number of benzene rings is 1. The lowest BCUT2D eigenvalue weighted by molar-refractivity contribution is -0.269. The topological polar surface area (TPSA) is 89.0 Å². The Hall–Kier alpha value is -1.66. The minimum absolute atomic E-state index is 0.192. The molecule has 2 saturated carbocycles. The van der Waals surface area contributed by atoms with E-state index in [9.17, 15) is 15.3 Å². The predicted octanol–water partition coefficient (Wildman–Crippen LogP) is 6.03. The Balaban J connectivity index is 1.55. The van der Waals surface area contributed by atoms with Crippen LogP contribution >= 0.6 is 0 Å². The van der Waals surface area contributed by atoms with Crippen molar-refractivity contribution in [2.75, 3.05) is 0 Å². The Kier molecular flexibility index (Phi) is 5.57. The third-order valence-electron chi connectivity index (χ3n) is 12.1. The number of nitrogens with one attached hydrogen (secondary N) is 1. The van der Waals surface area contributed by atoms with Crippen LogP contribution in [0.1, 0.15) is 110 Å². The maximum Gasteiger partial charge on any atom is 0.117 e. The molecule has 4 N–H and O–H groups in total. The van der Waals surface area contributed by atoms with Gasteiger partial charge in [0.15, 0.2) is 0 Å². The van der Waals surface area contributed by atoms with E-state index in [1.54, 1.807) is 0 Å². The van der Waals surface area contributed by atoms with E-state index >= 15 is 0 Å². The largest absolute Gasteiger partial charge is 0.392 e. The van der Waals surface area contributed by atoms with Crippen LogP contribution < -0.4 is 0 Å². The summed E-state index contributed by atoms with van der Waals surface area (Å²) in [6, 6.07) is 4.22. The molecule has 2 aromatic rings. The van der Waals surface area contributed by atoms with Crippen molar-refractivity contribution in [3.63, 3.8) is 0 Å². The van der Waals surface area contributed by atoms with Crippen LogP contribution in [0.15, 0.2) is 23.8 Å². The molecule has 0 spiro atoms. The lowest BCUT2D eigenvalue weighted by atomic mass is 9.39. The van der Waals surface area contributed by atoms with Gasteiger partial charge in [0, 0.05) is 32.8 Å². The molecule has 208 valence electrons. The molecular formula is C33H47NO4. The summed E-state index contributed by atoms with van der Waals surface area (Å²) in [4.78, 5) is 3.88. The first kappa shape index (κ1) is 26.6. The maximum atomic E-state index is 12.5. The van der Waals surface area contributed by atoms with Gasteiger partial charge in [0.25, 0.3) is 0 Å². The molecule has 3 aliphatic carbocycles. The quantitative estimate of drug-likeness (QED) is 0.292. The van der Waals surface area contributed by atoms with Crippen molar-refractivity contribution >= 4 is 10.9 Å². The van der Waals surface area contributed by atoms with Crippen LogP contribution in [-0.4, -0.2) is 43.7 Å². The lowest BCUT2D eigenvalue weighted by Gasteiger charge is -2.68. The van der Waals surface area contributed by atoms with Crippen LogP contribution in [0.25, 0.3) is 10.9 Å². The first-order valence-electron chi connectivity index (χ1n) is 14.7. The highest BCUT2D eigenvalue weighted by Gasteiger charge is 2.72. The van der Waals surface area contributed by atoms with Gasteiger partial charge in [-0.05, 0) is 94.9 Å². The zero-order valence-electron chi connectivity index (χ0n) is 24.5. The first-order chi connectivity index (χ1) is 17.6. The third-order valence-corrected chi connectivity index (χ3v) is 12.1. The number of allylic oxidation sites excluding steroid dienone is 2. The molecule has 7 atom stereocenters. The van der Waals surface area contributed by atoms with Gasteiger partial charge in [0.1, 0.15) is 12.2 Å². The second-order valence-corrected chi connectivity index (χ2v) is 14.7. The highest BCUT2D eigenvalue weighted by atomic mass is 16.6. The Morgan fingerprint density at radius 1 is 1.11 bits per heavy atom.